The summed E-state index contributed by atoms with van der Waals surface area (Å²) < 4.78 is 0. The number of carboxylic acids is 1. The predicted molar refractivity (Wildman–Crippen MR) is 52.6 cm³/mol. The molecule has 8 heteroatoms. The summed E-state index contributed by atoms with van der Waals surface area (Å²) in [5.41, 5.74) is 0. The maximum absolute atomic E-state index is 11.4. The number of aliphatic carboxylic acids is 1. The lowest BCUT2D eigenvalue weighted by molar-refractivity contribution is -0.139. The third kappa shape index (κ3) is 3.30. The molecule has 1 amide bonds. The van der Waals surface area contributed by atoms with Crippen molar-refractivity contribution in [2.45, 2.75) is 32.2 Å². The number of hydrogen-bond donors (Lipinski definition) is 3. The fourth-order valence-electron chi connectivity index (χ4n) is 1.15. The Morgan fingerprint density at radius 1 is 1.56 bits per heavy atom. The summed E-state index contributed by atoms with van der Waals surface area (Å²) in [4.78, 5) is 22.3. The van der Waals surface area contributed by atoms with Gasteiger partial charge in [-0.25, -0.2) is 4.79 Å². The number of amides is 1. The largest absolute Gasteiger partial charge is 0.480 e. The van der Waals surface area contributed by atoms with Gasteiger partial charge in [0.05, 0.1) is 0 Å². The van der Waals surface area contributed by atoms with Crippen LogP contribution in [0.25, 0.3) is 0 Å². The molecule has 3 N–H and O–H groups in total. The van der Waals surface area contributed by atoms with E-state index in [9.17, 15) is 9.59 Å². The highest BCUT2D eigenvalue weighted by Gasteiger charge is 2.21. The van der Waals surface area contributed by atoms with Crippen molar-refractivity contribution in [3.05, 3.63) is 5.82 Å². The zero-order chi connectivity index (χ0) is 12.0. The average Bonchev–Trinajstić information content (AvgIpc) is 2.76. The van der Waals surface area contributed by atoms with E-state index in [4.69, 9.17) is 5.11 Å². The van der Waals surface area contributed by atoms with Crippen LogP contribution in [-0.2, 0) is 4.79 Å². The highest BCUT2D eigenvalue weighted by molar-refractivity contribution is 5.93. The standard InChI is InChI=1S/C8H13N5O3/c1-2-3-4-5(8(15)16)9-7(14)6-10-12-13-11-6/h5H,2-4H2,1H3,(H,9,14)(H,15,16)(H,10,11,12,13). The third-order valence-corrected chi connectivity index (χ3v) is 2.00. The molecule has 0 aliphatic carbocycles. The minimum Gasteiger partial charge on any atom is -0.480 e. The average molecular weight is 227 g/mol. The van der Waals surface area contributed by atoms with Crippen LogP contribution in [0.5, 0.6) is 0 Å². The second-order valence-corrected chi connectivity index (χ2v) is 3.24. The summed E-state index contributed by atoms with van der Waals surface area (Å²) in [6.07, 6.45) is 1.97. The van der Waals surface area contributed by atoms with Gasteiger partial charge in [-0.15, -0.1) is 10.2 Å². The Kier molecular flexibility index (Phi) is 4.37. The van der Waals surface area contributed by atoms with Gasteiger partial charge in [-0.2, -0.15) is 5.21 Å². The lowest BCUT2D eigenvalue weighted by Crippen LogP contribution is -2.41. The van der Waals surface area contributed by atoms with Crippen LogP contribution >= 0.6 is 0 Å². The van der Waals surface area contributed by atoms with Crippen molar-refractivity contribution in [1.29, 1.82) is 0 Å². The quantitative estimate of drug-likeness (QED) is 0.606. The Morgan fingerprint density at radius 3 is 2.81 bits per heavy atom. The molecule has 0 aliphatic heterocycles. The number of nitrogens with one attached hydrogen (secondary N) is 2. The summed E-state index contributed by atoms with van der Waals surface area (Å²) in [5.74, 6) is -1.87. The predicted octanol–water partition coefficient (Wildman–Crippen LogP) is -0.427. The molecule has 0 radical (unpaired) electrons. The number of aromatic amines is 1. The number of H-pyrrole nitrogens is 1. The number of aromatic nitrogens is 4. The van der Waals surface area contributed by atoms with Crippen LogP contribution in [0.4, 0.5) is 0 Å². The molecule has 0 fully saturated rings. The van der Waals surface area contributed by atoms with E-state index in [-0.39, 0.29) is 5.82 Å². The first kappa shape index (κ1) is 12.1. The lowest BCUT2D eigenvalue weighted by atomic mass is 10.1. The Hall–Kier alpha value is -1.99. The van der Waals surface area contributed by atoms with Crippen LogP contribution in [0.15, 0.2) is 0 Å². The monoisotopic (exact) mass is 227 g/mol. The van der Waals surface area contributed by atoms with Crippen molar-refractivity contribution >= 4 is 11.9 Å². The van der Waals surface area contributed by atoms with Crippen LogP contribution in [0, 0.1) is 0 Å². The number of tetrazole rings is 1. The number of carbonyl (C=O) groups is 2. The zero-order valence-electron chi connectivity index (χ0n) is 8.80. The molecule has 0 saturated heterocycles. The van der Waals surface area contributed by atoms with Crippen LogP contribution in [0.2, 0.25) is 0 Å². The molecular formula is C8H13N5O3. The van der Waals surface area contributed by atoms with E-state index >= 15 is 0 Å². The van der Waals surface area contributed by atoms with Crippen LogP contribution < -0.4 is 5.32 Å². The van der Waals surface area contributed by atoms with Crippen molar-refractivity contribution in [2.75, 3.05) is 0 Å². The van der Waals surface area contributed by atoms with Crippen molar-refractivity contribution < 1.29 is 14.7 Å². The molecule has 1 rings (SSSR count). The molecule has 0 aliphatic rings. The molecule has 1 aromatic rings. The second-order valence-electron chi connectivity index (χ2n) is 3.24. The second kappa shape index (κ2) is 5.79. The normalized spacial score (nSPS) is 12.1. The molecule has 1 aromatic heterocycles. The van der Waals surface area contributed by atoms with Crippen LogP contribution in [0.1, 0.15) is 36.8 Å². The van der Waals surface area contributed by atoms with Gasteiger partial charge in [-0.05, 0) is 11.6 Å². The number of unbranched alkanes of at least 4 members (excludes halogenated alkanes) is 1. The lowest BCUT2D eigenvalue weighted by Gasteiger charge is -2.12. The Balaban J connectivity index is 2.54. The Morgan fingerprint density at radius 2 is 2.31 bits per heavy atom. The van der Waals surface area contributed by atoms with E-state index in [1.165, 1.54) is 0 Å². The molecule has 0 saturated carbocycles. The molecule has 8 nitrogen and oxygen atoms in total. The highest BCUT2D eigenvalue weighted by Crippen LogP contribution is 2.01. The number of hydrogen-bond acceptors (Lipinski definition) is 5. The maximum atomic E-state index is 11.4. The van der Waals surface area contributed by atoms with E-state index < -0.39 is 17.9 Å². The minimum absolute atomic E-state index is 0.164. The molecular weight excluding hydrogens is 214 g/mol. The zero-order valence-corrected chi connectivity index (χ0v) is 8.80. The van der Waals surface area contributed by atoms with E-state index in [2.05, 4.69) is 25.9 Å². The molecule has 0 bridgehead atoms. The topological polar surface area (TPSA) is 121 Å². The van der Waals surface area contributed by atoms with Crippen LogP contribution in [-0.4, -0.2) is 43.6 Å². The fourth-order valence-corrected chi connectivity index (χ4v) is 1.15. The van der Waals surface area contributed by atoms with Gasteiger partial charge in [-0.1, -0.05) is 19.8 Å². The molecule has 0 spiro atoms. The molecule has 1 unspecified atom stereocenters. The van der Waals surface area contributed by atoms with Crippen molar-refractivity contribution in [3.8, 4) is 0 Å². The van der Waals surface area contributed by atoms with Gasteiger partial charge in [0.25, 0.3) is 11.7 Å². The van der Waals surface area contributed by atoms with E-state index in [0.29, 0.717) is 6.42 Å². The molecule has 1 atom stereocenters. The first-order valence-electron chi connectivity index (χ1n) is 4.92. The van der Waals surface area contributed by atoms with Gasteiger partial charge >= 0.3 is 5.97 Å². The summed E-state index contributed by atoms with van der Waals surface area (Å²) in [6, 6.07) is -0.911. The summed E-state index contributed by atoms with van der Waals surface area (Å²) in [5, 5.41) is 23.4. The fraction of sp³-hybridized carbons (Fsp3) is 0.625. The van der Waals surface area contributed by atoms with E-state index in [0.717, 1.165) is 12.8 Å². The number of rotatable bonds is 6. The first-order chi connectivity index (χ1) is 7.65. The number of carbonyl (C=O) groups excluding carboxylic acids is 1. The SMILES string of the molecule is CCCCC(NC(=O)c1nn[nH]n1)C(=O)O. The third-order valence-electron chi connectivity index (χ3n) is 2.00. The molecule has 16 heavy (non-hydrogen) atoms. The highest BCUT2D eigenvalue weighted by atomic mass is 16.4. The summed E-state index contributed by atoms with van der Waals surface area (Å²) >= 11 is 0. The summed E-state index contributed by atoms with van der Waals surface area (Å²) in [7, 11) is 0. The minimum atomic E-state index is -1.06. The smallest absolute Gasteiger partial charge is 0.326 e. The van der Waals surface area contributed by atoms with Crippen LogP contribution in [0.3, 0.4) is 0 Å². The molecule has 0 aromatic carbocycles. The van der Waals surface area contributed by atoms with Gasteiger partial charge in [0.15, 0.2) is 0 Å². The van der Waals surface area contributed by atoms with Gasteiger partial charge in [-0.3, -0.25) is 4.79 Å². The number of nitrogens with zero attached hydrogens (tertiary/aromatic N) is 3. The first-order valence-corrected chi connectivity index (χ1v) is 4.92. The van der Waals surface area contributed by atoms with E-state index in [1.54, 1.807) is 0 Å². The summed E-state index contributed by atoms with van der Waals surface area (Å²) in [6.45, 7) is 1.94. The Bertz CT molecular complexity index is 351. The van der Waals surface area contributed by atoms with Gasteiger partial charge in [0.2, 0.25) is 0 Å². The molecule has 1 heterocycles. The van der Waals surface area contributed by atoms with Crippen molar-refractivity contribution in [2.24, 2.45) is 0 Å². The molecule has 88 valence electrons. The van der Waals surface area contributed by atoms with Crippen molar-refractivity contribution in [1.82, 2.24) is 25.9 Å². The Labute approximate surface area is 91.4 Å². The van der Waals surface area contributed by atoms with Crippen molar-refractivity contribution in [3.63, 3.8) is 0 Å². The van der Waals surface area contributed by atoms with Gasteiger partial charge < -0.3 is 10.4 Å². The number of carboxylic acid groups (broad SMARTS) is 1. The van der Waals surface area contributed by atoms with Gasteiger partial charge in [0.1, 0.15) is 6.04 Å². The maximum Gasteiger partial charge on any atom is 0.326 e. The van der Waals surface area contributed by atoms with E-state index in [1.807, 2.05) is 6.92 Å². The van der Waals surface area contributed by atoms with Gasteiger partial charge in [0, 0.05) is 0 Å².